The zero-order valence-electron chi connectivity index (χ0n) is 23.4. The molecule has 40 heavy (non-hydrogen) atoms. The van der Waals surface area contributed by atoms with Crippen molar-refractivity contribution in [3.63, 3.8) is 0 Å². The Morgan fingerprint density at radius 2 is 1.95 bits per heavy atom. The number of hydrogen-bond donors (Lipinski definition) is 3. The van der Waals surface area contributed by atoms with Crippen LogP contribution < -0.4 is 20.9 Å². The first-order valence-electron chi connectivity index (χ1n) is 14.2. The molecule has 1 saturated carbocycles. The third-order valence-electron chi connectivity index (χ3n) is 8.07. The van der Waals surface area contributed by atoms with Gasteiger partial charge in [-0.25, -0.2) is 0 Å². The Balaban J connectivity index is 1.27. The molecule has 2 atom stereocenters. The Labute approximate surface area is 245 Å². The van der Waals surface area contributed by atoms with Crippen LogP contribution in [0.25, 0.3) is 0 Å². The third-order valence-corrected chi connectivity index (χ3v) is 9.55. The number of nitrogens with one attached hydrogen (secondary N) is 3. The number of benzene rings is 1. The monoisotopic (exact) mass is 579 g/mol. The standard InChI is InChI=1S/C31H38ClN5O2S/c1-19-25(16-23(32)18-33-19)34-20(2)28-12-13-29(40-28)31(39)36-26(15-21-7-4-5-8-21)30(38)35-24-11-10-22-9-6-14-37(3)27(22)17-24/h10-13,16-18,20-21,26,34H,4-9,14-15H2,1-3H3,(H,35,38)(H,36,39). The maximum absolute atomic E-state index is 13.5. The second kappa shape index (κ2) is 12.6. The molecule has 1 aliphatic heterocycles. The van der Waals surface area contributed by atoms with Crippen LogP contribution in [0, 0.1) is 12.8 Å². The molecule has 2 unspecified atom stereocenters. The second-order valence-electron chi connectivity index (χ2n) is 11.1. The number of thiophene rings is 1. The Bertz CT molecular complexity index is 1370. The summed E-state index contributed by atoms with van der Waals surface area (Å²) in [7, 11) is 2.09. The zero-order valence-corrected chi connectivity index (χ0v) is 25.0. The molecule has 9 heteroatoms. The maximum atomic E-state index is 13.5. The number of aryl methyl sites for hydroxylation is 2. The summed E-state index contributed by atoms with van der Waals surface area (Å²) in [6.07, 6.45) is 9.06. The molecule has 0 spiro atoms. The Morgan fingerprint density at radius 3 is 2.75 bits per heavy atom. The smallest absolute Gasteiger partial charge is 0.262 e. The van der Waals surface area contributed by atoms with Crippen molar-refractivity contribution in [2.75, 3.05) is 29.1 Å². The largest absolute Gasteiger partial charge is 0.376 e. The molecule has 0 saturated heterocycles. The van der Waals surface area contributed by atoms with E-state index in [0.29, 0.717) is 22.2 Å². The lowest BCUT2D eigenvalue weighted by molar-refractivity contribution is -0.118. The predicted molar refractivity (Wildman–Crippen MR) is 165 cm³/mol. The average molecular weight is 580 g/mol. The lowest BCUT2D eigenvalue weighted by Gasteiger charge is -2.28. The second-order valence-corrected chi connectivity index (χ2v) is 12.7. The molecule has 1 aromatic carbocycles. The van der Waals surface area contributed by atoms with Gasteiger partial charge >= 0.3 is 0 Å². The average Bonchev–Trinajstić information content (AvgIpc) is 3.64. The van der Waals surface area contributed by atoms with E-state index >= 15 is 0 Å². The molecule has 2 aliphatic rings. The number of fused-ring (bicyclic) bond motifs is 1. The summed E-state index contributed by atoms with van der Waals surface area (Å²) >= 11 is 7.56. The molecule has 5 rings (SSSR count). The van der Waals surface area contributed by atoms with Crippen molar-refractivity contribution in [1.82, 2.24) is 10.3 Å². The summed E-state index contributed by atoms with van der Waals surface area (Å²) in [5.74, 6) is 0.0742. The van der Waals surface area contributed by atoms with Gasteiger partial charge in [-0.2, -0.15) is 0 Å². The van der Waals surface area contributed by atoms with Crippen molar-refractivity contribution in [3.8, 4) is 0 Å². The molecular formula is C31H38ClN5O2S. The molecular weight excluding hydrogens is 542 g/mol. The SMILES string of the molecule is Cc1ncc(Cl)cc1NC(C)c1ccc(C(=O)NC(CC2CCCC2)C(=O)Nc2ccc3c(c2)N(C)CCC3)s1. The molecule has 0 bridgehead atoms. The van der Waals surface area contributed by atoms with Crippen molar-refractivity contribution in [3.05, 3.63) is 68.6 Å². The first-order valence-corrected chi connectivity index (χ1v) is 15.4. The van der Waals surface area contributed by atoms with Crippen molar-refractivity contribution in [2.24, 2.45) is 5.92 Å². The Hall–Kier alpha value is -3.10. The summed E-state index contributed by atoms with van der Waals surface area (Å²) in [5.41, 5.74) is 4.96. The molecule has 2 aromatic heterocycles. The maximum Gasteiger partial charge on any atom is 0.262 e. The van der Waals surface area contributed by atoms with Gasteiger partial charge in [-0.3, -0.25) is 14.6 Å². The minimum atomic E-state index is -0.592. The van der Waals surface area contributed by atoms with Crippen LogP contribution in [0.3, 0.4) is 0 Å². The van der Waals surface area contributed by atoms with E-state index in [9.17, 15) is 9.59 Å². The number of carbonyl (C=O) groups excluding carboxylic acids is 2. The number of anilines is 3. The number of hydrogen-bond acceptors (Lipinski definition) is 6. The Morgan fingerprint density at radius 1 is 1.15 bits per heavy atom. The van der Waals surface area contributed by atoms with Crippen LogP contribution in [0.5, 0.6) is 0 Å². The molecule has 212 valence electrons. The molecule has 7 nitrogen and oxygen atoms in total. The van der Waals surface area contributed by atoms with Crippen molar-refractivity contribution < 1.29 is 9.59 Å². The highest BCUT2D eigenvalue weighted by atomic mass is 35.5. The fraction of sp³-hybridized carbons (Fsp3) is 0.452. The summed E-state index contributed by atoms with van der Waals surface area (Å²) in [5, 5.41) is 10.2. The lowest BCUT2D eigenvalue weighted by atomic mass is 9.97. The molecule has 3 heterocycles. The number of pyridine rings is 1. The fourth-order valence-corrected chi connectivity index (χ4v) is 6.84. The summed E-state index contributed by atoms with van der Waals surface area (Å²) in [6.45, 7) is 4.98. The summed E-state index contributed by atoms with van der Waals surface area (Å²) in [4.78, 5) is 35.1. The summed E-state index contributed by atoms with van der Waals surface area (Å²) in [6, 6.07) is 11.2. The van der Waals surface area contributed by atoms with Gasteiger partial charge in [0.25, 0.3) is 5.91 Å². The van der Waals surface area contributed by atoms with E-state index in [4.69, 9.17) is 11.6 Å². The molecule has 3 aromatic rings. The highest BCUT2D eigenvalue weighted by Gasteiger charge is 2.28. The van der Waals surface area contributed by atoms with Crippen LogP contribution in [0.2, 0.25) is 5.02 Å². The van der Waals surface area contributed by atoms with Crippen molar-refractivity contribution >= 4 is 51.8 Å². The van der Waals surface area contributed by atoms with Crippen LogP contribution in [-0.2, 0) is 11.2 Å². The van der Waals surface area contributed by atoms with E-state index in [1.54, 1.807) is 6.20 Å². The van der Waals surface area contributed by atoms with Crippen LogP contribution in [-0.4, -0.2) is 36.4 Å². The van der Waals surface area contributed by atoms with Crippen LogP contribution in [0.4, 0.5) is 17.1 Å². The Kier molecular flexibility index (Phi) is 8.96. The zero-order chi connectivity index (χ0) is 28.2. The number of amides is 2. The number of aromatic nitrogens is 1. The van der Waals surface area contributed by atoms with Crippen LogP contribution in [0.1, 0.15) is 77.3 Å². The van der Waals surface area contributed by atoms with Crippen molar-refractivity contribution in [2.45, 2.75) is 70.9 Å². The first kappa shape index (κ1) is 28.4. The molecule has 3 N–H and O–H groups in total. The number of halogens is 1. The van der Waals surface area contributed by atoms with Crippen LogP contribution >= 0.6 is 22.9 Å². The van der Waals surface area contributed by atoms with E-state index in [1.165, 1.54) is 29.7 Å². The number of carbonyl (C=O) groups is 2. The van der Waals surface area contributed by atoms with Gasteiger partial charge in [0.2, 0.25) is 5.91 Å². The number of nitrogens with zero attached hydrogens (tertiary/aromatic N) is 2. The quantitative estimate of drug-likeness (QED) is 0.255. The predicted octanol–water partition coefficient (Wildman–Crippen LogP) is 6.98. The van der Waals surface area contributed by atoms with E-state index in [1.807, 2.05) is 38.1 Å². The van der Waals surface area contributed by atoms with E-state index in [2.05, 4.69) is 45.0 Å². The highest BCUT2D eigenvalue weighted by Crippen LogP contribution is 2.32. The van der Waals surface area contributed by atoms with Gasteiger partial charge in [0, 0.05) is 36.0 Å². The van der Waals surface area contributed by atoms with Gasteiger partial charge in [0.1, 0.15) is 6.04 Å². The molecule has 2 amide bonds. The lowest BCUT2D eigenvalue weighted by Crippen LogP contribution is -2.44. The van der Waals surface area contributed by atoms with Gasteiger partial charge in [-0.05, 0) is 74.9 Å². The molecule has 0 radical (unpaired) electrons. The van der Waals surface area contributed by atoms with Crippen molar-refractivity contribution in [1.29, 1.82) is 0 Å². The molecule has 1 aliphatic carbocycles. The van der Waals surface area contributed by atoms with Gasteiger partial charge in [0.15, 0.2) is 0 Å². The number of rotatable bonds is 9. The van der Waals surface area contributed by atoms with Gasteiger partial charge < -0.3 is 20.9 Å². The van der Waals surface area contributed by atoms with Gasteiger partial charge in [0.05, 0.1) is 27.3 Å². The van der Waals surface area contributed by atoms with E-state index in [0.717, 1.165) is 59.9 Å². The minimum absolute atomic E-state index is 0.0368. The fourth-order valence-electron chi connectivity index (χ4n) is 5.77. The van der Waals surface area contributed by atoms with Crippen LogP contribution in [0.15, 0.2) is 42.6 Å². The van der Waals surface area contributed by atoms with E-state index in [-0.39, 0.29) is 17.9 Å². The minimum Gasteiger partial charge on any atom is -0.376 e. The van der Waals surface area contributed by atoms with Gasteiger partial charge in [-0.15, -0.1) is 11.3 Å². The van der Waals surface area contributed by atoms with E-state index < -0.39 is 6.04 Å². The molecule has 1 fully saturated rings. The first-order chi connectivity index (χ1) is 19.3. The highest BCUT2D eigenvalue weighted by molar-refractivity contribution is 7.14. The van der Waals surface area contributed by atoms with Gasteiger partial charge in [-0.1, -0.05) is 43.4 Å². The summed E-state index contributed by atoms with van der Waals surface area (Å²) < 4.78 is 0. The topological polar surface area (TPSA) is 86.4 Å². The normalized spacial score (nSPS) is 16.8. The third kappa shape index (κ3) is 6.78.